The highest BCUT2D eigenvalue weighted by atomic mass is 16.5. The third kappa shape index (κ3) is 3.73. The van der Waals surface area contributed by atoms with Crippen LogP contribution in [0.1, 0.15) is 26.7 Å². The third-order valence-corrected chi connectivity index (χ3v) is 1.92. The quantitative estimate of drug-likeness (QED) is 0.624. The van der Waals surface area contributed by atoms with Gasteiger partial charge >= 0.3 is 0 Å². The predicted octanol–water partition coefficient (Wildman–Crippen LogP) is 1.84. The largest absolute Gasteiger partial charge is 0.381 e. The van der Waals surface area contributed by atoms with Crippen molar-refractivity contribution in [2.75, 3.05) is 19.8 Å². The van der Waals surface area contributed by atoms with Gasteiger partial charge in [-0.15, -0.1) is 0 Å². The Balaban J connectivity index is 2.05. The molecule has 1 aliphatic rings. The zero-order valence-corrected chi connectivity index (χ0v) is 7.51. The van der Waals surface area contributed by atoms with E-state index in [2.05, 4.69) is 13.8 Å². The summed E-state index contributed by atoms with van der Waals surface area (Å²) in [6, 6.07) is 0. The summed E-state index contributed by atoms with van der Waals surface area (Å²) < 4.78 is 10.8. The van der Waals surface area contributed by atoms with E-state index in [9.17, 15) is 0 Å². The van der Waals surface area contributed by atoms with Gasteiger partial charge < -0.3 is 9.47 Å². The zero-order valence-electron chi connectivity index (χ0n) is 7.51. The van der Waals surface area contributed by atoms with E-state index in [1.54, 1.807) is 0 Å². The number of hydrogen-bond acceptors (Lipinski definition) is 2. The van der Waals surface area contributed by atoms with E-state index in [1.807, 2.05) is 0 Å². The van der Waals surface area contributed by atoms with Crippen molar-refractivity contribution in [1.82, 2.24) is 0 Å². The molecule has 11 heavy (non-hydrogen) atoms. The third-order valence-electron chi connectivity index (χ3n) is 1.92. The molecule has 1 atom stereocenters. The van der Waals surface area contributed by atoms with Crippen molar-refractivity contribution in [3.05, 3.63) is 0 Å². The topological polar surface area (TPSA) is 18.5 Å². The van der Waals surface area contributed by atoms with Crippen LogP contribution in [0.15, 0.2) is 0 Å². The first-order valence-corrected chi connectivity index (χ1v) is 4.48. The molecule has 1 unspecified atom stereocenters. The Bertz CT molecular complexity index is 95.7. The van der Waals surface area contributed by atoms with Crippen molar-refractivity contribution < 1.29 is 9.47 Å². The van der Waals surface area contributed by atoms with Crippen LogP contribution in [0.25, 0.3) is 0 Å². The fraction of sp³-hybridized carbons (Fsp3) is 1.00. The fourth-order valence-electron chi connectivity index (χ4n) is 1.27. The summed E-state index contributed by atoms with van der Waals surface area (Å²) in [5.74, 6) is 0.645. The molecule has 0 aromatic rings. The molecule has 1 rings (SSSR count). The van der Waals surface area contributed by atoms with Crippen molar-refractivity contribution in [3.8, 4) is 0 Å². The molecule has 1 saturated heterocycles. The molecule has 1 fully saturated rings. The maximum atomic E-state index is 5.50. The molecule has 0 aliphatic carbocycles. The van der Waals surface area contributed by atoms with Crippen molar-refractivity contribution in [1.29, 1.82) is 0 Å². The van der Waals surface area contributed by atoms with Crippen molar-refractivity contribution in [2.24, 2.45) is 5.92 Å². The molecule has 1 heterocycles. The van der Waals surface area contributed by atoms with Crippen LogP contribution >= 0.6 is 0 Å². The Morgan fingerprint density at radius 2 is 2.36 bits per heavy atom. The lowest BCUT2D eigenvalue weighted by Crippen LogP contribution is -2.23. The first-order chi connectivity index (χ1) is 5.29. The van der Waals surface area contributed by atoms with Crippen LogP contribution in [0.2, 0.25) is 0 Å². The lowest BCUT2D eigenvalue weighted by Gasteiger charge is -2.22. The van der Waals surface area contributed by atoms with Gasteiger partial charge in [-0.05, 0) is 26.7 Å². The molecule has 0 spiro atoms. The predicted molar refractivity (Wildman–Crippen MR) is 44.6 cm³/mol. The molecule has 0 saturated carbocycles. The van der Waals surface area contributed by atoms with E-state index in [0.29, 0.717) is 12.0 Å². The maximum absolute atomic E-state index is 5.50. The van der Waals surface area contributed by atoms with Crippen molar-refractivity contribution in [3.63, 3.8) is 0 Å². The van der Waals surface area contributed by atoms with Gasteiger partial charge in [0.1, 0.15) is 0 Å². The summed E-state index contributed by atoms with van der Waals surface area (Å²) in [6.45, 7) is 6.86. The molecule has 0 aromatic heterocycles. The van der Waals surface area contributed by atoms with Crippen LogP contribution in [0.4, 0.5) is 0 Å². The molecule has 1 aliphatic heterocycles. The average molecular weight is 158 g/mol. The molecule has 0 bridgehead atoms. The van der Waals surface area contributed by atoms with Gasteiger partial charge in [0.15, 0.2) is 0 Å². The normalized spacial score (nSPS) is 25.9. The maximum Gasteiger partial charge on any atom is 0.0519 e. The Hall–Kier alpha value is -0.0800. The summed E-state index contributed by atoms with van der Waals surface area (Å²) in [5, 5.41) is 0. The van der Waals surface area contributed by atoms with Crippen LogP contribution in [0.3, 0.4) is 0 Å². The van der Waals surface area contributed by atoms with Crippen LogP contribution in [0.5, 0.6) is 0 Å². The molecule has 0 N–H and O–H groups in total. The van der Waals surface area contributed by atoms with E-state index >= 15 is 0 Å². The number of rotatable bonds is 3. The van der Waals surface area contributed by atoms with Gasteiger partial charge in [-0.25, -0.2) is 0 Å². The molecular formula is C9H18O2. The van der Waals surface area contributed by atoms with Crippen LogP contribution in [-0.2, 0) is 9.47 Å². The lowest BCUT2D eigenvalue weighted by atomic mass is 10.0. The molecule has 0 aromatic carbocycles. The molecule has 2 heteroatoms. The Morgan fingerprint density at radius 3 is 2.91 bits per heavy atom. The van der Waals surface area contributed by atoms with E-state index < -0.39 is 0 Å². The fourth-order valence-corrected chi connectivity index (χ4v) is 1.27. The van der Waals surface area contributed by atoms with E-state index in [1.165, 1.54) is 12.8 Å². The monoisotopic (exact) mass is 158 g/mol. The van der Waals surface area contributed by atoms with Gasteiger partial charge in [-0.2, -0.15) is 0 Å². The second-order valence-electron chi connectivity index (χ2n) is 3.47. The summed E-state index contributed by atoms with van der Waals surface area (Å²) in [6.07, 6.45) is 2.83. The Labute approximate surface area is 68.9 Å². The molecular weight excluding hydrogens is 140 g/mol. The highest BCUT2D eigenvalue weighted by molar-refractivity contribution is 4.62. The first-order valence-electron chi connectivity index (χ1n) is 4.48. The number of ether oxygens (including phenoxy) is 2. The SMILES string of the molecule is CC(C)OCC1CCCOC1. The summed E-state index contributed by atoms with van der Waals surface area (Å²) in [5.41, 5.74) is 0. The standard InChI is InChI=1S/C9H18O2/c1-8(2)11-7-9-4-3-5-10-6-9/h8-9H,3-7H2,1-2H3. The first kappa shape index (κ1) is 9.01. The smallest absolute Gasteiger partial charge is 0.0519 e. The minimum absolute atomic E-state index is 0.358. The zero-order chi connectivity index (χ0) is 8.10. The Morgan fingerprint density at radius 1 is 1.55 bits per heavy atom. The van der Waals surface area contributed by atoms with E-state index in [-0.39, 0.29) is 0 Å². The molecule has 66 valence electrons. The van der Waals surface area contributed by atoms with Gasteiger partial charge in [0, 0.05) is 12.5 Å². The van der Waals surface area contributed by atoms with Crippen LogP contribution in [-0.4, -0.2) is 25.9 Å². The van der Waals surface area contributed by atoms with Gasteiger partial charge in [-0.1, -0.05) is 0 Å². The average Bonchev–Trinajstić information content (AvgIpc) is 2.03. The highest BCUT2D eigenvalue weighted by Gasteiger charge is 2.13. The van der Waals surface area contributed by atoms with Crippen molar-refractivity contribution in [2.45, 2.75) is 32.8 Å². The second-order valence-corrected chi connectivity index (χ2v) is 3.47. The number of hydrogen-bond donors (Lipinski definition) is 0. The van der Waals surface area contributed by atoms with E-state index in [0.717, 1.165) is 19.8 Å². The summed E-state index contributed by atoms with van der Waals surface area (Å²) >= 11 is 0. The molecule has 0 radical (unpaired) electrons. The van der Waals surface area contributed by atoms with Crippen molar-refractivity contribution >= 4 is 0 Å². The lowest BCUT2D eigenvalue weighted by molar-refractivity contribution is -0.0123. The molecule has 2 nitrogen and oxygen atoms in total. The summed E-state index contributed by atoms with van der Waals surface area (Å²) in [4.78, 5) is 0. The van der Waals surface area contributed by atoms with Gasteiger partial charge in [0.05, 0.1) is 19.3 Å². The minimum atomic E-state index is 0.358. The summed E-state index contributed by atoms with van der Waals surface area (Å²) in [7, 11) is 0. The minimum Gasteiger partial charge on any atom is -0.381 e. The molecule has 0 amide bonds. The van der Waals surface area contributed by atoms with E-state index in [4.69, 9.17) is 9.47 Å². The highest BCUT2D eigenvalue weighted by Crippen LogP contribution is 2.13. The van der Waals surface area contributed by atoms with Gasteiger partial charge in [0.25, 0.3) is 0 Å². The second kappa shape index (κ2) is 4.73. The van der Waals surface area contributed by atoms with Gasteiger partial charge in [-0.3, -0.25) is 0 Å². The van der Waals surface area contributed by atoms with Gasteiger partial charge in [0.2, 0.25) is 0 Å². The van der Waals surface area contributed by atoms with Crippen LogP contribution in [0, 0.1) is 5.92 Å². The van der Waals surface area contributed by atoms with Crippen LogP contribution < -0.4 is 0 Å². The Kier molecular flexibility index (Phi) is 3.87.